The molecule has 2 N–H and O–H groups in total. The number of rotatable bonds is 2. The largest absolute Gasteiger partial charge is 0.324 e. The number of fused-ring (bicyclic) bond motifs is 2. The number of hydrogen-bond donors (Lipinski definition) is 2. The summed E-state index contributed by atoms with van der Waals surface area (Å²) < 4.78 is 0. The molecule has 0 radical (unpaired) electrons. The number of amides is 1. The summed E-state index contributed by atoms with van der Waals surface area (Å²) in [7, 11) is 0. The van der Waals surface area contributed by atoms with Gasteiger partial charge >= 0.3 is 0 Å². The summed E-state index contributed by atoms with van der Waals surface area (Å²) in [5.74, 6) is 0.282. The van der Waals surface area contributed by atoms with Crippen molar-refractivity contribution in [2.45, 2.75) is 0 Å². The summed E-state index contributed by atoms with van der Waals surface area (Å²) in [6.07, 6.45) is 0. The maximum absolute atomic E-state index is 12.4. The summed E-state index contributed by atoms with van der Waals surface area (Å²) in [6, 6.07) is 21.3. The summed E-state index contributed by atoms with van der Waals surface area (Å²) >= 11 is 0. The topological polar surface area (TPSA) is 57.8 Å². The number of carbonyl (C=O) groups is 1. The third kappa shape index (κ3) is 2.20. The third-order valence-corrected chi connectivity index (χ3v) is 3.63. The van der Waals surface area contributed by atoms with E-state index in [0.29, 0.717) is 11.5 Å². The van der Waals surface area contributed by atoms with Crippen LogP contribution in [0.5, 0.6) is 0 Å². The maximum Gasteiger partial charge on any atom is 0.257 e. The van der Waals surface area contributed by atoms with E-state index in [2.05, 4.69) is 15.3 Å². The van der Waals surface area contributed by atoms with Crippen molar-refractivity contribution in [1.29, 1.82) is 0 Å². The number of carbonyl (C=O) groups excluding carboxylic acids is 1. The van der Waals surface area contributed by atoms with E-state index in [1.165, 1.54) is 0 Å². The number of hydrogen-bond acceptors (Lipinski definition) is 2. The first-order valence-corrected chi connectivity index (χ1v) is 7.04. The second-order valence-corrected chi connectivity index (χ2v) is 5.12. The van der Waals surface area contributed by atoms with Crippen molar-refractivity contribution in [3.8, 4) is 0 Å². The average Bonchev–Trinajstić information content (AvgIpc) is 2.96. The Balaban J connectivity index is 1.65. The highest BCUT2D eigenvalue weighted by molar-refractivity contribution is 6.06. The van der Waals surface area contributed by atoms with Crippen LogP contribution in [0.15, 0.2) is 66.7 Å². The van der Waals surface area contributed by atoms with Gasteiger partial charge in [0, 0.05) is 5.56 Å². The molecule has 1 amide bonds. The number of aromatic nitrogens is 2. The fourth-order valence-electron chi connectivity index (χ4n) is 2.52. The van der Waals surface area contributed by atoms with Crippen LogP contribution < -0.4 is 5.32 Å². The Hall–Kier alpha value is -3.14. The van der Waals surface area contributed by atoms with E-state index in [1.807, 2.05) is 66.7 Å². The summed E-state index contributed by atoms with van der Waals surface area (Å²) in [5.41, 5.74) is 2.34. The number of benzene rings is 3. The molecule has 0 bridgehead atoms. The second kappa shape index (κ2) is 5.00. The lowest BCUT2D eigenvalue weighted by Crippen LogP contribution is -2.12. The number of aromatic amines is 1. The van der Waals surface area contributed by atoms with E-state index in [0.717, 1.165) is 21.8 Å². The molecule has 22 heavy (non-hydrogen) atoms. The quantitative estimate of drug-likeness (QED) is 0.586. The lowest BCUT2D eigenvalue weighted by molar-refractivity contribution is 0.102. The first-order chi connectivity index (χ1) is 10.8. The van der Waals surface area contributed by atoms with Crippen molar-refractivity contribution < 1.29 is 4.79 Å². The van der Waals surface area contributed by atoms with E-state index >= 15 is 0 Å². The molecule has 1 heterocycles. The molecule has 4 aromatic rings. The van der Waals surface area contributed by atoms with Gasteiger partial charge in [-0.15, -0.1) is 0 Å². The van der Waals surface area contributed by atoms with Crippen LogP contribution in [-0.4, -0.2) is 15.9 Å². The van der Waals surface area contributed by atoms with E-state index in [4.69, 9.17) is 0 Å². The predicted molar refractivity (Wildman–Crippen MR) is 88.0 cm³/mol. The van der Waals surface area contributed by atoms with Gasteiger partial charge in [-0.05, 0) is 35.0 Å². The Labute approximate surface area is 126 Å². The van der Waals surface area contributed by atoms with E-state index in [1.54, 1.807) is 0 Å². The molecule has 0 atom stereocenters. The Morgan fingerprint density at radius 3 is 2.55 bits per heavy atom. The Morgan fingerprint density at radius 1 is 0.909 bits per heavy atom. The Bertz CT molecular complexity index is 955. The van der Waals surface area contributed by atoms with E-state index in [-0.39, 0.29) is 5.91 Å². The van der Waals surface area contributed by atoms with Crippen molar-refractivity contribution in [3.05, 3.63) is 72.3 Å². The van der Waals surface area contributed by atoms with Crippen molar-refractivity contribution >= 4 is 33.7 Å². The van der Waals surface area contributed by atoms with Crippen LogP contribution in [0.4, 0.5) is 5.95 Å². The summed E-state index contributed by atoms with van der Waals surface area (Å²) in [6.45, 7) is 0. The monoisotopic (exact) mass is 287 g/mol. The molecule has 4 heteroatoms. The van der Waals surface area contributed by atoms with Crippen LogP contribution >= 0.6 is 0 Å². The van der Waals surface area contributed by atoms with Crippen LogP contribution in [0.2, 0.25) is 0 Å². The van der Waals surface area contributed by atoms with E-state index < -0.39 is 0 Å². The molecule has 106 valence electrons. The number of H-pyrrole nitrogens is 1. The van der Waals surface area contributed by atoms with E-state index in [9.17, 15) is 4.79 Å². The molecule has 4 rings (SSSR count). The van der Waals surface area contributed by atoms with Gasteiger partial charge in [-0.2, -0.15) is 0 Å². The van der Waals surface area contributed by atoms with Crippen LogP contribution in [0.25, 0.3) is 21.8 Å². The summed E-state index contributed by atoms with van der Waals surface area (Å²) in [5, 5.41) is 4.96. The molecule has 0 aliphatic heterocycles. The van der Waals surface area contributed by atoms with Crippen molar-refractivity contribution in [1.82, 2.24) is 9.97 Å². The third-order valence-electron chi connectivity index (χ3n) is 3.63. The normalized spacial score (nSPS) is 10.9. The zero-order valence-electron chi connectivity index (χ0n) is 11.7. The van der Waals surface area contributed by atoms with Gasteiger partial charge in [-0.1, -0.05) is 42.5 Å². The standard InChI is InChI=1S/C18H13N3O/c22-17(14-10-9-12-5-1-2-6-13(12)11-14)21-18-19-15-7-3-4-8-16(15)20-18/h1-11H,(H2,19,20,21,22). The molecule has 0 saturated heterocycles. The fourth-order valence-corrected chi connectivity index (χ4v) is 2.52. The van der Waals surface area contributed by atoms with Gasteiger partial charge in [0.05, 0.1) is 11.0 Å². The van der Waals surface area contributed by atoms with Crippen LogP contribution in [0.3, 0.4) is 0 Å². The van der Waals surface area contributed by atoms with Gasteiger partial charge in [0.25, 0.3) is 5.91 Å². The number of imidazole rings is 1. The molecule has 4 nitrogen and oxygen atoms in total. The molecule has 0 spiro atoms. The van der Waals surface area contributed by atoms with Crippen molar-refractivity contribution in [2.24, 2.45) is 0 Å². The van der Waals surface area contributed by atoms with Gasteiger partial charge in [-0.3, -0.25) is 10.1 Å². The first kappa shape index (κ1) is 12.6. The highest BCUT2D eigenvalue weighted by Gasteiger charge is 2.09. The van der Waals surface area contributed by atoms with Crippen molar-refractivity contribution in [2.75, 3.05) is 5.32 Å². The predicted octanol–water partition coefficient (Wildman–Crippen LogP) is 3.97. The Kier molecular flexibility index (Phi) is 2.86. The molecule has 0 saturated carbocycles. The van der Waals surface area contributed by atoms with Gasteiger partial charge in [0.15, 0.2) is 0 Å². The van der Waals surface area contributed by atoms with Crippen LogP contribution in [0, 0.1) is 0 Å². The molecule has 0 unspecified atom stereocenters. The molecule has 3 aromatic carbocycles. The van der Waals surface area contributed by atoms with Crippen LogP contribution in [0.1, 0.15) is 10.4 Å². The van der Waals surface area contributed by atoms with Crippen molar-refractivity contribution in [3.63, 3.8) is 0 Å². The molecule has 0 fully saturated rings. The molecule has 0 aliphatic rings. The number of anilines is 1. The maximum atomic E-state index is 12.4. The zero-order valence-corrected chi connectivity index (χ0v) is 11.7. The lowest BCUT2D eigenvalue weighted by atomic mass is 10.1. The highest BCUT2D eigenvalue weighted by Crippen LogP contribution is 2.17. The van der Waals surface area contributed by atoms with Gasteiger partial charge < -0.3 is 4.98 Å². The minimum atomic E-state index is -0.176. The number of para-hydroxylation sites is 2. The number of nitrogens with zero attached hydrogens (tertiary/aromatic N) is 1. The average molecular weight is 287 g/mol. The fraction of sp³-hybridized carbons (Fsp3) is 0. The Morgan fingerprint density at radius 2 is 1.68 bits per heavy atom. The van der Waals surface area contributed by atoms with Gasteiger partial charge in [-0.25, -0.2) is 4.98 Å². The molecular formula is C18H13N3O. The number of nitrogens with one attached hydrogen (secondary N) is 2. The zero-order chi connectivity index (χ0) is 14.9. The second-order valence-electron chi connectivity index (χ2n) is 5.12. The highest BCUT2D eigenvalue weighted by atomic mass is 16.1. The van der Waals surface area contributed by atoms with Gasteiger partial charge in [0.1, 0.15) is 0 Å². The minimum Gasteiger partial charge on any atom is -0.324 e. The summed E-state index contributed by atoms with van der Waals surface area (Å²) in [4.78, 5) is 19.8. The molecular weight excluding hydrogens is 274 g/mol. The minimum absolute atomic E-state index is 0.176. The molecule has 1 aromatic heterocycles. The molecule has 0 aliphatic carbocycles. The first-order valence-electron chi connectivity index (χ1n) is 7.04. The SMILES string of the molecule is O=C(Nc1nc2ccccc2[nH]1)c1ccc2ccccc2c1. The van der Waals surface area contributed by atoms with Crippen LogP contribution in [-0.2, 0) is 0 Å². The smallest absolute Gasteiger partial charge is 0.257 e. The van der Waals surface area contributed by atoms with Gasteiger partial charge in [0.2, 0.25) is 5.95 Å². The lowest BCUT2D eigenvalue weighted by Gasteiger charge is -2.03.